The molecule has 0 atom stereocenters. The SMILES string of the molecule is Cc1ccc(-c2ccc(-c3cccc(C(=O)Nc4nnc(-c5ccco5)o4)c3)cc2)cc1. The van der Waals surface area contributed by atoms with E-state index in [1.165, 1.54) is 17.4 Å². The summed E-state index contributed by atoms with van der Waals surface area (Å²) in [7, 11) is 0. The van der Waals surface area contributed by atoms with Crippen molar-refractivity contribution in [3.63, 3.8) is 0 Å². The van der Waals surface area contributed by atoms with Crippen molar-refractivity contribution in [2.24, 2.45) is 0 Å². The van der Waals surface area contributed by atoms with Gasteiger partial charge in [0, 0.05) is 5.56 Å². The highest BCUT2D eigenvalue weighted by Gasteiger charge is 2.14. The van der Waals surface area contributed by atoms with E-state index in [-0.39, 0.29) is 17.8 Å². The van der Waals surface area contributed by atoms with Crippen LogP contribution in [0, 0.1) is 6.92 Å². The molecule has 0 aliphatic carbocycles. The van der Waals surface area contributed by atoms with Gasteiger partial charge in [-0.05, 0) is 53.4 Å². The van der Waals surface area contributed by atoms with Crippen LogP contribution in [0.1, 0.15) is 15.9 Å². The van der Waals surface area contributed by atoms with E-state index in [1.807, 2.05) is 18.2 Å². The molecule has 0 unspecified atom stereocenters. The van der Waals surface area contributed by atoms with Crippen LogP contribution in [-0.2, 0) is 0 Å². The van der Waals surface area contributed by atoms with E-state index in [1.54, 1.807) is 18.2 Å². The molecule has 5 aromatic rings. The number of furan rings is 1. The fraction of sp³-hybridized carbons (Fsp3) is 0.0385. The minimum atomic E-state index is -0.335. The molecule has 6 nitrogen and oxygen atoms in total. The second-order valence-corrected chi connectivity index (χ2v) is 7.37. The van der Waals surface area contributed by atoms with Gasteiger partial charge in [-0.25, -0.2) is 0 Å². The summed E-state index contributed by atoms with van der Waals surface area (Å²) in [5, 5.41) is 10.4. The van der Waals surface area contributed by atoms with Gasteiger partial charge in [0.1, 0.15) is 0 Å². The van der Waals surface area contributed by atoms with Crippen molar-refractivity contribution >= 4 is 11.9 Å². The topological polar surface area (TPSA) is 81.2 Å². The van der Waals surface area contributed by atoms with Gasteiger partial charge in [0.2, 0.25) is 0 Å². The van der Waals surface area contributed by atoms with Crippen LogP contribution in [0.4, 0.5) is 6.01 Å². The summed E-state index contributed by atoms with van der Waals surface area (Å²) in [4.78, 5) is 12.7. The standard InChI is InChI=1S/C26H19N3O3/c1-17-7-9-18(10-8-17)19-11-13-20(14-12-19)21-4-2-5-22(16-21)24(30)27-26-29-28-25(32-26)23-6-3-15-31-23/h2-16H,1H3,(H,27,29,30). The molecular weight excluding hydrogens is 402 g/mol. The number of nitrogens with one attached hydrogen (secondary N) is 1. The number of anilines is 1. The molecule has 2 heterocycles. The third-order valence-corrected chi connectivity index (χ3v) is 5.11. The lowest BCUT2D eigenvalue weighted by Gasteiger charge is -2.07. The van der Waals surface area contributed by atoms with Crippen molar-refractivity contribution in [2.75, 3.05) is 5.32 Å². The lowest BCUT2D eigenvalue weighted by molar-refractivity contribution is 0.102. The van der Waals surface area contributed by atoms with Crippen molar-refractivity contribution < 1.29 is 13.6 Å². The highest BCUT2D eigenvalue weighted by atomic mass is 16.4. The van der Waals surface area contributed by atoms with E-state index in [4.69, 9.17) is 8.83 Å². The maximum Gasteiger partial charge on any atom is 0.322 e. The molecule has 0 fully saturated rings. The van der Waals surface area contributed by atoms with E-state index in [2.05, 4.69) is 71.0 Å². The Labute approximate surface area is 184 Å². The molecule has 0 aliphatic rings. The zero-order chi connectivity index (χ0) is 21.9. The molecule has 0 bridgehead atoms. The number of aryl methyl sites for hydroxylation is 1. The molecule has 0 spiro atoms. The van der Waals surface area contributed by atoms with Crippen molar-refractivity contribution in [1.82, 2.24) is 10.2 Å². The van der Waals surface area contributed by atoms with Crippen molar-refractivity contribution in [3.8, 4) is 33.9 Å². The van der Waals surface area contributed by atoms with Crippen LogP contribution < -0.4 is 5.32 Å². The number of rotatable bonds is 5. The van der Waals surface area contributed by atoms with Gasteiger partial charge in [-0.1, -0.05) is 71.3 Å². The molecule has 0 radical (unpaired) electrons. The first-order valence-corrected chi connectivity index (χ1v) is 10.1. The lowest BCUT2D eigenvalue weighted by atomic mass is 9.98. The van der Waals surface area contributed by atoms with E-state index in [0.717, 1.165) is 16.7 Å². The van der Waals surface area contributed by atoms with Crippen LogP contribution in [0.2, 0.25) is 0 Å². The Morgan fingerprint density at radius 3 is 2.16 bits per heavy atom. The minimum absolute atomic E-state index is 0.00857. The second kappa shape index (κ2) is 8.35. The summed E-state index contributed by atoms with van der Waals surface area (Å²) in [5.41, 5.74) is 6.00. The average Bonchev–Trinajstić information content (AvgIpc) is 3.52. The quantitative estimate of drug-likeness (QED) is 0.364. The van der Waals surface area contributed by atoms with Gasteiger partial charge < -0.3 is 8.83 Å². The Morgan fingerprint density at radius 1 is 0.781 bits per heavy atom. The van der Waals surface area contributed by atoms with E-state index in [0.29, 0.717) is 11.3 Å². The van der Waals surface area contributed by atoms with Gasteiger partial charge in [0.05, 0.1) is 6.26 Å². The Kier molecular flexibility index (Phi) is 5.09. The van der Waals surface area contributed by atoms with E-state index in [9.17, 15) is 4.79 Å². The Balaban J connectivity index is 1.33. The van der Waals surface area contributed by atoms with Crippen molar-refractivity contribution in [3.05, 3.63) is 102 Å². The van der Waals surface area contributed by atoms with Crippen LogP contribution in [0.5, 0.6) is 0 Å². The van der Waals surface area contributed by atoms with Gasteiger partial charge >= 0.3 is 6.01 Å². The predicted octanol–water partition coefficient (Wildman–Crippen LogP) is 6.22. The van der Waals surface area contributed by atoms with Crippen LogP contribution in [0.3, 0.4) is 0 Å². The van der Waals surface area contributed by atoms with Gasteiger partial charge in [-0.2, -0.15) is 0 Å². The number of hydrogen-bond donors (Lipinski definition) is 1. The molecule has 1 amide bonds. The molecule has 5 rings (SSSR count). The van der Waals surface area contributed by atoms with Crippen LogP contribution >= 0.6 is 0 Å². The normalized spacial score (nSPS) is 10.8. The second-order valence-electron chi connectivity index (χ2n) is 7.37. The third-order valence-electron chi connectivity index (χ3n) is 5.11. The predicted molar refractivity (Wildman–Crippen MR) is 122 cm³/mol. The van der Waals surface area contributed by atoms with Crippen LogP contribution in [0.15, 0.2) is 100 Å². The van der Waals surface area contributed by atoms with Crippen molar-refractivity contribution in [1.29, 1.82) is 0 Å². The lowest BCUT2D eigenvalue weighted by Crippen LogP contribution is -2.12. The molecule has 32 heavy (non-hydrogen) atoms. The molecule has 0 saturated heterocycles. The molecule has 0 aliphatic heterocycles. The minimum Gasteiger partial charge on any atom is -0.459 e. The van der Waals surface area contributed by atoms with Gasteiger partial charge in [0.25, 0.3) is 11.8 Å². The summed E-state index contributed by atoms with van der Waals surface area (Å²) >= 11 is 0. The summed E-state index contributed by atoms with van der Waals surface area (Å²) in [6.45, 7) is 2.08. The molecule has 6 heteroatoms. The number of carbonyl (C=O) groups is 1. The molecule has 2 aromatic heterocycles. The highest BCUT2D eigenvalue weighted by Crippen LogP contribution is 2.26. The number of amides is 1. The van der Waals surface area contributed by atoms with E-state index < -0.39 is 0 Å². The van der Waals surface area contributed by atoms with Gasteiger partial charge in [0.15, 0.2) is 5.76 Å². The largest absolute Gasteiger partial charge is 0.459 e. The number of nitrogens with zero attached hydrogens (tertiary/aromatic N) is 2. The van der Waals surface area contributed by atoms with Crippen LogP contribution in [0.25, 0.3) is 33.9 Å². The van der Waals surface area contributed by atoms with Crippen LogP contribution in [-0.4, -0.2) is 16.1 Å². The third kappa shape index (κ3) is 4.06. The number of aromatic nitrogens is 2. The van der Waals surface area contributed by atoms with Crippen molar-refractivity contribution in [2.45, 2.75) is 6.92 Å². The first-order chi connectivity index (χ1) is 15.7. The Hall–Kier alpha value is -4.45. The molecule has 1 N–H and O–H groups in total. The number of carbonyl (C=O) groups excluding carboxylic acids is 1. The summed E-state index contributed by atoms with van der Waals surface area (Å²) in [6, 6.07) is 27.5. The smallest absolute Gasteiger partial charge is 0.322 e. The molecular formula is C26H19N3O3. The Bertz CT molecular complexity index is 1350. The fourth-order valence-corrected chi connectivity index (χ4v) is 3.38. The number of hydrogen-bond acceptors (Lipinski definition) is 5. The average molecular weight is 421 g/mol. The monoisotopic (exact) mass is 421 g/mol. The molecule has 3 aromatic carbocycles. The van der Waals surface area contributed by atoms with Gasteiger partial charge in [-0.3, -0.25) is 10.1 Å². The first kappa shape index (κ1) is 19.5. The first-order valence-electron chi connectivity index (χ1n) is 10.1. The molecule has 156 valence electrons. The number of benzene rings is 3. The maximum atomic E-state index is 12.7. The summed E-state index contributed by atoms with van der Waals surface area (Å²) in [6.07, 6.45) is 1.51. The highest BCUT2D eigenvalue weighted by molar-refractivity contribution is 6.03. The maximum absolute atomic E-state index is 12.7. The van der Waals surface area contributed by atoms with E-state index >= 15 is 0 Å². The fourth-order valence-electron chi connectivity index (χ4n) is 3.38. The zero-order valence-corrected chi connectivity index (χ0v) is 17.3. The summed E-state index contributed by atoms with van der Waals surface area (Å²) < 4.78 is 10.7. The van der Waals surface area contributed by atoms with Gasteiger partial charge in [-0.15, -0.1) is 5.10 Å². The zero-order valence-electron chi connectivity index (χ0n) is 17.3. The summed E-state index contributed by atoms with van der Waals surface area (Å²) in [5.74, 6) is 0.305. The molecule has 0 saturated carbocycles. The Morgan fingerprint density at radius 2 is 1.47 bits per heavy atom.